The van der Waals surface area contributed by atoms with E-state index in [9.17, 15) is 4.39 Å². The summed E-state index contributed by atoms with van der Waals surface area (Å²) in [5, 5.41) is 3.94. The molecule has 2 aromatic heterocycles. The van der Waals surface area contributed by atoms with Crippen LogP contribution >= 0.6 is 0 Å². The van der Waals surface area contributed by atoms with Crippen LogP contribution in [0.25, 0.3) is 28.1 Å². The molecule has 0 saturated heterocycles. The van der Waals surface area contributed by atoms with E-state index in [1.165, 1.54) is 0 Å². The lowest BCUT2D eigenvalue weighted by Crippen LogP contribution is -2.13. The molecule has 2 atom stereocenters. The summed E-state index contributed by atoms with van der Waals surface area (Å²) >= 11 is 0. The summed E-state index contributed by atoms with van der Waals surface area (Å²) in [6.07, 6.45) is 7.14. The van der Waals surface area contributed by atoms with Crippen molar-refractivity contribution in [3.05, 3.63) is 54.9 Å². The summed E-state index contributed by atoms with van der Waals surface area (Å²) in [7, 11) is 1.80. The number of rotatable bonds is 6. The van der Waals surface area contributed by atoms with Gasteiger partial charge in [-0.15, -0.1) is 6.58 Å². The molecule has 2 unspecified atom stereocenters. The van der Waals surface area contributed by atoms with E-state index >= 15 is 0 Å². The number of allylic oxidation sites excluding steroid dienone is 3. The maximum absolute atomic E-state index is 14.3. The SMILES string of the molecule is C=CC1C=C(c2cc(OCC)c3nc(-c4ncccn4)nc(NC)c3c2)CC(F)C1. The standard InChI is InChI=1S/C23H24FN5O/c1-4-14-9-15(11-17(24)10-14)16-12-18-20(19(13-16)30-5-2)28-23(29-21(18)25-3)22-26-7-6-8-27-22/h4,6-9,12-14,17H,1,5,10-11H2,2-3H3,(H,25,28,29). The molecule has 1 N–H and O–H groups in total. The lowest BCUT2D eigenvalue weighted by atomic mass is 9.85. The molecule has 0 aliphatic heterocycles. The van der Waals surface area contributed by atoms with Gasteiger partial charge in [-0.2, -0.15) is 0 Å². The Labute approximate surface area is 175 Å². The zero-order valence-corrected chi connectivity index (χ0v) is 17.1. The number of nitrogens with zero attached hydrogens (tertiary/aromatic N) is 4. The fourth-order valence-corrected chi connectivity index (χ4v) is 3.75. The first-order valence-corrected chi connectivity index (χ1v) is 10.0. The molecular weight excluding hydrogens is 381 g/mol. The first-order valence-electron chi connectivity index (χ1n) is 10.0. The number of alkyl halides is 1. The van der Waals surface area contributed by atoms with E-state index < -0.39 is 6.17 Å². The van der Waals surface area contributed by atoms with Crippen molar-refractivity contribution < 1.29 is 9.13 Å². The first-order chi connectivity index (χ1) is 14.6. The highest BCUT2D eigenvalue weighted by Gasteiger charge is 2.23. The lowest BCUT2D eigenvalue weighted by Gasteiger charge is -2.23. The summed E-state index contributed by atoms with van der Waals surface area (Å²) in [4.78, 5) is 17.8. The van der Waals surface area contributed by atoms with Crippen molar-refractivity contribution in [2.24, 2.45) is 5.92 Å². The molecule has 30 heavy (non-hydrogen) atoms. The van der Waals surface area contributed by atoms with Gasteiger partial charge < -0.3 is 10.1 Å². The van der Waals surface area contributed by atoms with Crippen molar-refractivity contribution in [1.82, 2.24) is 19.9 Å². The highest BCUT2D eigenvalue weighted by Crippen LogP contribution is 2.38. The summed E-state index contributed by atoms with van der Waals surface area (Å²) < 4.78 is 20.3. The Morgan fingerprint density at radius 3 is 2.73 bits per heavy atom. The number of ether oxygens (including phenoxy) is 1. The molecule has 1 aliphatic carbocycles. The normalized spacial score (nSPS) is 18.7. The van der Waals surface area contributed by atoms with Crippen LogP contribution in [0.2, 0.25) is 0 Å². The van der Waals surface area contributed by atoms with Gasteiger partial charge in [-0.1, -0.05) is 12.2 Å². The molecule has 0 bridgehead atoms. The maximum Gasteiger partial charge on any atom is 0.200 e. The fourth-order valence-electron chi connectivity index (χ4n) is 3.75. The van der Waals surface area contributed by atoms with E-state index in [0.29, 0.717) is 48.2 Å². The smallest absolute Gasteiger partial charge is 0.200 e. The third-order valence-electron chi connectivity index (χ3n) is 5.13. The molecule has 3 aromatic rings. The van der Waals surface area contributed by atoms with Crippen molar-refractivity contribution in [3.63, 3.8) is 0 Å². The lowest BCUT2D eigenvalue weighted by molar-refractivity contribution is 0.297. The molecule has 0 fully saturated rings. The van der Waals surface area contributed by atoms with Crippen molar-refractivity contribution in [3.8, 4) is 17.4 Å². The fraction of sp³-hybridized carbons (Fsp3) is 0.304. The van der Waals surface area contributed by atoms with Gasteiger partial charge in [-0.05, 0) is 48.6 Å². The molecular formula is C23H24FN5O. The third kappa shape index (κ3) is 3.87. The number of benzene rings is 1. The third-order valence-corrected chi connectivity index (χ3v) is 5.13. The predicted octanol–water partition coefficient (Wildman–Crippen LogP) is 4.84. The number of hydrogen-bond donors (Lipinski definition) is 1. The van der Waals surface area contributed by atoms with Crippen LogP contribution in [0.1, 0.15) is 25.3 Å². The molecule has 4 rings (SSSR count). The second-order valence-corrected chi connectivity index (χ2v) is 7.15. The molecule has 7 heteroatoms. The molecule has 0 amide bonds. The average Bonchev–Trinajstić information content (AvgIpc) is 2.78. The van der Waals surface area contributed by atoms with Crippen LogP contribution in [-0.2, 0) is 0 Å². The number of fused-ring (bicyclic) bond motifs is 1. The molecule has 2 heterocycles. The van der Waals surface area contributed by atoms with Crippen LogP contribution in [-0.4, -0.2) is 39.8 Å². The summed E-state index contributed by atoms with van der Waals surface area (Å²) in [6.45, 7) is 6.23. The van der Waals surface area contributed by atoms with Gasteiger partial charge in [-0.3, -0.25) is 0 Å². The topological polar surface area (TPSA) is 72.8 Å². The van der Waals surface area contributed by atoms with Crippen LogP contribution in [0, 0.1) is 5.92 Å². The number of anilines is 1. The Hall–Kier alpha value is -3.35. The molecule has 0 radical (unpaired) electrons. The number of aromatic nitrogens is 4. The minimum absolute atomic E-state index is 0.0209. The molecule has 154 valence electrons. The van der Waals surface area contributed by atoms with Crippen LogP contribution in [0.15, 0.2) is 49.3 Å². The summed E-state index contributed by atoms with van der Waals surface area (Å²) in [5.74, 6) is 2.13. The van der Waals surface area contributed by atoms with Crippen molar-refractivity contribution in [2.75, 3.05) is 19.0 Å². The van der Waals surface area contributed by atoms with Crippen LogP contribution in [0.5, 0.6) is 5.75 Å². The molecule has 1 aromatic carbocycles. The van der Waals surface area contributed by atoms with Crippen LogP contribution < -0.4 is 10.1 Å². The zero-order chi connectivity index (χ0) is 21.1. The second kappa shape index (κ2) is 8.57. The average molecular weight is 405 g/mol. The van der Waals surface area contributed by atoms with Crippen molar-refractivity contribution in [1.29, 1.82) is 0 Å². The molecule has 1 aliphatic rings. The zero-order valence-electron chi connectivity index (χ0n) is 17.1. The van der Waals surface area contributed by atoms with Gasteiger partial charge >= 0.3 is 0 Å². The van der Waals surface area contributed by atoms with Gasteiger partial charge in [0.2, 0.25) is 0 Å². The molecule has 0 saturated carbocycles. The predicted molar refractivity (Wildman–Crippen MR) is 117 cm³/mol. The molecule has 6 nitrogen and oxygen atoms in total. The van der Waals surface area contributed by atoms with Gasteiger partial charge in [0.25, 0.3) is 0 Å². The Morgan fingerprint density at radius 1 is 1.23 bits per heavy atom. The summed E-state index contributed by atoms with van der Waals surface area (Å²) in [6, 6.07) is 5.66. The Morgan fingerprint density at radius 2 is 2.03 bits per heavy atom. The van der Waals surface area contributed by atoms with E-state index in [2.05, 4.69) is 32.9 Å². The minimum atomic E-state index is -0.892. The summed E-state index contributed by atoms with van der Waals surface area (Å²) in [5.41, 5.74) is 2.51. The number of nitrogens with one attached hydrogen (secondary N) is 1. The Kier molecular flexibility index (Phi) is 5.70. The van der Waals surface area contributed by atoms with Gasteiger partial charge in [0.15, 0.2) is 11.6 Å². The van der Waals surface area contributed by atoms with E-state index in [1.54, 1.807) is 31.6 Å². The van der Waals surface area contributed by atoms with Crippen molar-refractivity contribution >= 4 is 22.3 Å². The second-order valence-electron chi connectivity index (χ2n) is 7.15. The highest BCUT2D eigenvalue weighted by molar-refractivity contribution is 5.96. The van der Waals surface area contributed by atoms with Gasteiger partial charge in [0.05, 0.1) is 6.61 Å². The monoisotopic (exact) mass is 405 g/mol. The highest BCUT2D eigenvalue weighted by atomic mass is 19.1. The Bertz CT molecular complexity index is 1100. The Balaban J connectivity index is 1.92. The number of halogens is 1. The van der Waals surface area contributed by atoms with Crippen LogP contribution in [0.3, 0.4) is 0 Å². The van der Waals surface area contributed by atoms with E-state index in [-0.39, 0.29) is 5.92 Å². The molecule has 0 spiro atoms. The van der Waals surface area contributed by atoms with Crippen LogP contribution in [0.4, 0.5) is 10.2 Å². The maximum atomic E-state index is 14.3. The minimum Gasteiger partial charge on any atom is -0.492 e. The number of hydrogen-bond acceptors (Lipinski definition) is 6. The van der Waals surface area contributed by atoms with E-state index in [0.717, 1.165) is 16.5 Å². The van der Waals surface area contributed by atoms with Crippen molar-refractivity contribution in [2.45, 2.75) is 25.9 Å². The van der Waals surface area contributed by atoms with Gasteiger partial charge in [0.1, 0.15) is 23.3 Å². The largest absolute Gasteiger partial charge is 0.492 e. The van der Waals surface area contributed by atoms with Gasteiger partial charge in [-0.25, -0.2) is 24.3 Å². The van der Waals surface area contributed by atoms with Gasteiger partial charge in [0, 0.05) is 31.2 Å². The van der Waals surface area contributed by atoms with E-state index in [1.807, 2.05) is 19.1 Å². The van der Waals surface area contributed by atoms with E-state index in [4.69, 9.17) is 9.72 Å². The first kappa shape index (κ1) is 19.9. The quantitative estimate of drug-likeness (QED) is 0.592.